The summed E-state index contributed by atoms with van der Waals surface area (Å²) in [5.74, 6) is 0. The predicted octanol–water partition coefficient (Wildman–Crippen LogP) is 5.04. The van der Waals surface area contributed by atoms with E-state index in [-0.39, 0.29) is 5.41 Å². The summed E-state index contributed by atoms with van der Waals surface area (Å²) in [5, 5.41) is 12.9. The standard InChI is InChI=1S/C28H51N5O4/c1-27(2,3)11-14-34-15-16-35-17-18-36-19-20-37-24-26-23-33(31-30-26)13-10-8-7-9-12-32-22-25(21-29-32)28(4,5)6/h21-23H,7-20,24H2,1-6H3. The van der Waals surface area contributed by atoms with Gasteiger partial charge in [0.05, 0.1) is 58.6 Å². The maximum atomic E-state index is 5.64. The zero-order chi connectivity index (χ0) is 27.0. The summed E-state index contributed by atoms with van der Waals surface area (Å²) < 4.78 is 26.2. The third-order valence-electron chi connectivity index (χ3n) is 5.97. The van der Waals surface area contributed by atoms with E-state index in [0.717, 1.165) is 44.7 Å². The van der Waals surface area contributed by atoms with Crippen LogP contribution >= 0.6 is 0 Å². The Kier molecular flexibility index (Phi) is 14.4. The van der Waals surface area contributed by atoms with Gasteiger partial charge in [0.1, 0.15) is 5.69 Å². The van der Waals surface area contributed by atoms with E-state index in [1.54, 1.807) is 0 Å². The topological polar surface area (TPSA) is 85.5 Å². The van der Waals surface area contributed by atoms with E-state index in [1.165, 1.54) is 18.4 Å². The Morgan fingerprint density at radius 2 is 1.24 bits per heavy atom. The predicted molar refractivity (Wildman–Crippen MR) is 146 cm³/mol. The molecule has 2 rings (SSSR count). The molecule has 37 heavy (non-hydrogen) atoms. The van der Waals surface area contributed by atoms with Crippen LogP contribution in [0.15, 0.2) is 18.6 Å². The molecule has 2 aromatic rings. The molecule has 0 aliphatic heterocycles. The maximum Gasteiger partial charge on any atom is 0.108 e. The summed E-state index contributed by atoms with van der Waals surface area (Å²) in [7, 11) is 0. The summed E-state index contributed by atoms with van der Waals surface area (Å²) in [6.07, 6.45) is 11.8. The second-order valence-corrected chi connectivity index (χ2v) is 11.8. The van der Waals surface area contributed by atoms with Crippen LogP contribution < -0.4 is 0 Å². The minimum absolute atomic E-state index is 0.157. The molecule has 0 unspecified atom stereocenters. The van der Waals surface area contributed by atoms with Crippen molar-refractivity contribution in [2.75, 3.05) is 46.2 Å². The van der Waals surface area contributed by atoms with Gasteiger partial charge in [0.15, 0.2) is 0 Å². The molecule has 9 heteroatoms. The molecule has 0 aliphatic rings. The van der Waals surface area contributed by atoms with Crippen molar-refractivity contribution in [3.63, 3.8) is 0 Å². The molecular formula is C28H51N5O4. The van der Waals surface area contributed by atoms with Gasteiger partial charge in [0, 0.05) is 25.9 Å². The van der Waals surface area contributed by atoms with Crippen molar-refractivity contribution in [2.45, 2.75) is 98.8 Å². The van der Waals surface area contributed by atoms with Crippen molar-refractivity contribution in [1.82, 2.24) is 24.8 Å². The zero-order valence-corrected chi connectivity index (χ0v) is 24.2. The van der Waals surface area contributed by atoms with E-state index in [2.05, 4.69) is 67.8 Å². The van der Waals surface area contributed by atoms with Crippen LogP contribution in [0.2, 0.25) is 0 Å². The Balaban J connectivity index is 1.38. The van der Waals surface area contributed by atoms with Gasteiger partial charge < -0.3 is 18.9 Å². The fraction of sp³-hybridized carbons (Fsp3) is 0.821. The van der Waals surface area contributed by atoms with Crippen molar-refractivity contribution in [3.8, 4) is 0 Å². The third kappa shape index (κ3) is 15.3. The number of ether oxygens (including phenoxy) is 4. The van der Waals surface area contributed by atoms with Gasteiger partial charge in [0.25, 0.3) is 0 Å². The summed E-state index contributed by atoms with van der Waals surface area (Å²) in [4.78, 5) is 0. The Morgan fingerprint density at radius 3 is 1.81 bits per heavy atom. The highest BCUT2D eigenvalue weighted by Crippen LogP contribution is 2.21. The summed E-state index contributed by atoms with van der Waals surface area (Å²) >= 11 is 0. The maximum absolute atomic E-state index is 5.64. The Labute approximate surface area is 224 Å². The highest BCUT2D eigenvalue weighted by atomic mass is 16.6. The average molecular weight is 522 g/mol. The monoisotopic (exact) mass is 521 g/mol. The van der Waals surface area contributed by atoms with Crippen LogP contribution in [0.3, 0.4) is 0 Å². The lowest BCUT2D eigenvalue weighted by Gasteiger charge is -2.17. The number of rotatable bonds is 20. The second kappa shape index (κ2) is 16.9. The smallest absolute Gasteiger partial charge is 0.108 e. The van der Waals surface area contributed by atoms with Crippen LogP contribution in [-0.4, -0.2) is 71.0 Å². The number of nitrogens with zero attached hydrogens (tertiary/aromatic N) is 5. The molecule has 0 aliphatic carbocycles. The van der Waals surface area contributed by atoms with Gasteiger partial charge in [-0.25, -0.2) is 0 Å². The van der Waals surface area contributed by atoms with E-state index >= 15 is 0 Å². The Hall–Kier alpha value is -1.81. The average Bonchev–Trinajstić information content (AvgIpc) is 3.48. The normalized spacial score (nSPS) is 12.5. The zero-order valence-electron chi connectivity index (χ0n) is 24.2. The summed E-state index contributed by atoms with van der Waals surface area (Å²) in [5.41, 5.74) is 2.61. The van der Waals surface area contributed by atoms with Gasteiger partial charge in [-0.15, -0.1) is 5.10 Å². The molecule has 0 spiro atoms. The van der Waals surface area contributed by atoms with Crippen LogP contribution in [0.25, 0.3) is 0 Å². The van der Waals surface area contributed by atoms with Crippen molar-refractivity contribution in [3.05, 3.63) is 29.8 Å². The lowest BCUT2D eigenvalue weighted by Crippen LogP contribution is -2.14. The van der Waals surface area contributed by atoms with Crippen LogP contribution in [0.4, 0.5) is 0 Å². The number of hydrogen-bond acceptors (Lipinski definition) is 7. The van der Waals surface area contributed by atoms with Crippen molar-refractivity contribution in [2.24, 2.45) is 5.41 Å². The van der Waals surface area contributed by atoms with Crippen molar-refractivity contribution < 1.29 is 18.9 Å². The van der Waals surface area contributed by atoms with Gasteiger partial charge in [-0.1, -0.05) is 59.6 Å². The minimum atomic E-state index is 0.157. The van der Waals surface area contributed by atoms with Crippen LogP contribution in [0, 0.1) is 5.41 Å². The molecule has 0 radical (unpaired) electrons. The summed E-state index contributed by atoms with van der Waals surface area (Å²) in [6, 6.07) is 0. The second-order valence-electron chi connectivity index (χ2n) is 11.8. The van der Waals surface area contributed by atoms with Gasteiger partial charge >= 0.3 is 0 Å². The molecule has 0 atom stereocenters. The highest BCUT2D eigenvalue weighted by Gasteiger charge is 2.15. The molecule has 0 bridgehead atoms. The molecule has 0 fully saturated rings. The first-order valence-electron chi connectivity index (χ1n) is 13.9. The van der Waals surface area contributed by atoms with Crippen molar-refractivity contribution in [1.29, 1.82) is 0 Å². The van der Waals surface area contributed by atoms with Crippen LogP contribution in [0.5, 0.6) is 0 Å². The van der Waals surface area contributed by atoms with E-state index in [1.807, 2.05) is 17.1 Å². The van der Waals surface area contributed by atoms with Gasteiger partial charge in [0.2, 0.25) is 0 Å². The highest BCUT2D eigenvalue weighted by molar-refractivity contribution is 5.14. The quantitative estimate of drug-likeness (QED) is 0.226. The minimum Gasteiger partial charge on any atom is -0.379 e. The Morgan fingerprint density at radius 1 is 0.676 bits per heavy atom. The fourth-order valence-electron chi connectivity index (χ4n) is 3.50. The Bertz CT molecular complexity index is 838. The first-order chi connectivity index (χ1) is 17.6. The largest absolute Gasteiger partial charge is 0.379 e. The van der Waals surface area contributed by atoms with Gasteiger partial charge in [-0.2, -0.15) is 5.10 Å². The van der Waals surface area contributed by atoms with Gasteiger partial charge in [-0.3, -0.25) is 9.36 Å². The lowest BCUT2D eigenvalue weighted by molar-refractivity contribution is -0.00641. The first kappa shape index (κ1) is 31.4. The summed E-state index contributed by atoms with van der Waals surface area (Å²) in [6.45, 7) is 19.8. The molecule has 0 aromatic carbocycles. The number of hydrogen-bond donors (Lipinski definition) is 0. The van der Waals surface area contributed by atoms with Crippen LogP contribution in [0.1, 0.15) is 84.9 Å². The SMILES string of the molecule is CC(C)(C)CCOCCOCCOCCOCc1cn(CCCCCCn2cc(C(C)(C)C)cn2)nn1. The van der Waals surface area contributed by atoms with E-state index in [9.17, 15) is 0 Å². The number of aryl methyl sites for hydroxylation is 2. The fourth-order valence-corrected chi connectivity index (χ4v) is 3.50. The van der Waals surface area contributed by atoms with Gasteiger partial charge in [-0.05, 0) is 35.7 Å². The molecule has 2 aromatic heterocycles. The first-order valence-corrected chi connectivity index (χ1v) is 13.9. The van der Waals surface area contributed by atoms with Crippen molar-refractivity contribution >= 4 is 0 Å². The molecule has 9 nitrogen and oxygen atoms in total. The number of unbranched alkanes of at least 4 members (excludes halogenated alkanes) is 3. The molecule has 0 N–H and O–H groups in total. The molecular weight excluding hydrogens is 470 g/mol. The van der Waals surface area contributed by atoms with E-state index in [0.29, 0.717) is 51.7 Å². The molecule has 212 valence electrons. The molecule has 0 saturated carbocycles. The third-order valence-corrected chi connectivity index (χ3v) is 5.97. The number of aromatic nitrogens is 5. The van der Waals surface area contributed by atoms with E-state index in [4.69, 9.17) is 18.9 Å². The van der Waals surface area contributed by atoms with Crippen LogP contribution in [-0.2, 0) is 44.1 Å². The molecule has 2 heterocycles. The molecule has 0 saturated heterocycles. The lowest BCUT2D eigenvalue weighted by atomic mass is 9.90. The molecule has 0 amide bonds. The van der Waals surface area contributed by atoms with E-state index < -0.39 is 0 Å².